The number of halogens is 2. The molecule has 0 bridgehead atoms. The average Bonchev–Trinajstić information content (AvgIpc) is 3.52. The molecule has 0 radical (unpaired) electrons. The van der Waals surface area contributed by atoms with Crippen molar-refractivity contribution in [3.63, 3.8) is 0 Å². The molecular formula is C25H31F2N7O3. The monoisotopic (exact) mass is 515 g/mol. The van der Waals surface area contributed by atoms with Crippen LogP contribution in [-0.4, -0.2) is 67.3 Å². The lowest BCUT2D eigenvalue weighted by atomic mass is 9.79. The Hall–Kier alpha value is -3.12. The first kappa shape index (κ1) is 24.2. The quantitative estimate of drug-likeness (QED) is 0.516. The second kappa shape index (κ2) is 9.64. The van der Waals surface area contributed by atoms with Gasteiger partial charge in [0.15, 0.2) is 11.3 Å². The van der Waals surface area contributed by atoms with E-state index in [1.807, 2.05) is 6.07 Å². The Labute approximate surface area is 212 Å². The van der Waals surface area contributed by atoms with E-state index >= 15 is 0 Å². The summed E-state index contributed by atoms with van der Waals surface area (Å²) in [5, 5.41) is 20.4. The zero-order valence-corrected chi connectivity index (χ0v) is 20.5. The number of hydrogen-bond acceptors (Lipinski definition) is 7. The lowest BCUT2D eigenvalue weighted by molar-refractivity contribution is -0.106. The highest BCUT2D eigenvalue weighted by Gasteiger charge is 2.42. The Morgan fingerprint density at radius 1 is 1.27 bits per heavy atom. The van der Waals surface area contributed by atoms with Gasteiger partial charge in [-0.2, -0.15) is 10.2 Å². The number of amides is 1. The van der Waals surface area contributed by atoms with Gasteiger partial charge >= 0.3 is 0 Å². The van der Waals surface area contributed by atoms with Crippen LogP contribution in [-0.2, 0) is 4.74 Å². The maximum Gasteiger partial charge on any atom is 0.284 e. The van der Waals surface area contributed by atoms with Crippen LogP contribution >= 0.6 is 0 Å². The first-order valence-corrected chi connectivity index (χ1v) is 13.0. The van der Waals surface area contributed by atoms with E-state index in [-0.39, 0.29) is 35.4 Å². The number of hydrogen-bond donors (Lipinski definition) is 2. The van der Waals surface area contributed by atoms with Gasteiger partial charge in [-0.3, -0.25) is 9.48 Å². The fourth-order valence-electron chi connectivity index (χ4n) is 5.74. The lowest BCUT2D eigenvalue weighted by Gasteiger charge is -2.48. The van der Waals surface area contributed by atoms with Crippen LogP contribution in [0.2, 0.25) is 0 Å². The predicted molar refractivity (Wildman–Crippen MR) is 131 cm³/mol. The smallest absolute Gasteiger partial charge is 0.284 e. The lowest BCUT2D eigenvalue weighted by Crippen LogP contribution is -2.56. The molecule has 3 aromatic rings. The normalized spacial score (nSPS) is 23.5. The van der Waals surface area contributed by atoms with E-state index in [9.17, 15) is 18.7 Å². The first-order chi connectivity index (χ1) is 17.9. The molecule has 4 heterocycles. The van der Waals surface area contributed by atoms with E-state index in [4.69, 9.17) is 9.72 Å². The SMILES string of the molecule is O=C(Nc1cn(C2CCC(CO)CC2)nc1C(F)F)c1cnn2ccc(N3CCOC4(CCC4)C3)nc12. The molecule has 3 fully saturated rings. The highest BCUT2D eigenvalue weighted by atomic mass is 19.3. The van der Waals surface area contributed by atoms with Crippen molar-refractivity contribution < 1.29 is 23.4 Å². The summed E-state index contributed by atoms with van der Waals surface area (Å²) in [4.78, 5) is 20.1. The molecule has 37 heavy (non-hydrogen) atoms. The molecule has 198 valence electrons. The number of rotatable bonds is 6. The van der Waals surface area contributed by atoms with Gasteiger partial charge in [0.1, 0.15) is 11.4 Å². The molecule has 6 rings (SSSR count). The number of aromatic nitrogens is 5. The van der Waals surface area contributed by atoms with E-state index in [1.165, 1.54) is 21.6 Å². The Kier molecular flexibility index (Phi) is 6.31. The van der Waals surface area contributed by atoms with Gasteiger partial charge in [-0.15, -0.1) is 0 Å². The summed E-state index contributed by atoms with van der Waals surface area (Å²) >= 11 is 0. The number of anilines is 2. The van der Waals surface area contributed by atoms with Gasteiger partial charge < -0.3 is 20.1 Å². The molecule has 12 heteroatoms. The molecular weight excluding hydrogens is 484 g/mol. The second-order valence-corrected chi connectivity index (χ2v) is 10.4. The number of carbonyl (C=O) groups is 1. The average molecular weight is 516 g/mol. The third kappa shape index (κ3) is 4.56. The highest BCUT2D eigenvalue weighted by Crippen LogP contribution is 2.39. The number of carbonyl (C=O) groups excluding carboxylic acids is 1. The summed E-state index contributed by atoms with van der Waals surface area (Å²) in [5.74, 6) is 0.406. The molecule has 0 atom stereocenters. The van der Waals surface area contributed by atoms with E-state index < -0.39 is 18.0 Å². The number of fused-ring (bicyclic) bond motifs is 1. The minimum absolute atomic E-state index is 0.0140. The van der Waals surface area contributed by atoms with Crippen molar-refractivity contribution >= 4 is 23.1 Å². The molecule has 2 aliphatic carbocycles. The summed E-state index contributed by atoms with van der Waals surface area (Å²) < 4.78 is 36.7. The number of nitrogens with one attached hydrogen (secondary N) is 1. The molecule has 3 aromatic heterocycles. The molecule has 10 nitrogen and oxygen atoms in total. The van der Waals surface area contributed by atoms with Crippen LogP contribution in [0.15, 0.2) is 24.7 Å². The van der Waals surface area contributed by atoms with E-state index in [0.29, 0.717) is 18.8 Å². The van der Waals surface area contributed by atoms with Crippen LogP contribution in [0.3, 0.4) is 0 Å². The minimum atomic E-state index is -2.83. The molecule has 3 aliphatic rings. The zero-order valence-electron chi connectivity index (χ0n) is 20.5. The van der Waals surface area contributed by atoms with Crippen LogP contribution in [0.4, 0.5) is 20.3 Å². The molecule has 1 saturated heterocycles. The maximum atomic E-state index is 13.8. The van der Waals surface area contributed by atoms with Gasteiger partial charge in [-0.1, -0.05) is 0 Å². The van der Waals surface area contributed by atoms with Crippen molar-refractivity contribution in [2.24, 2.45) is 5.92 Å². The fourth-order valence-corrected chi connectivity index (χ4v) is 5.74. The van der Waals surface area contributed by atoms with Crippen LogP contribution in [0.25, 0.3) is 5.65 Å². The zero-order chi connectivity index (χ0) is 25.6. The van der Waals surface area contributed by atoms with Gasteiger partial charge in [0.2, 0.25) is 0 Å². The van der Waals surface area contributed by atoms with Crippen LogP contribution in [0, 0.1) is 5.92 Å². The van der Waals surface area contributed by atoms with Gasteiger partial charge in [0.05, 0.1) is 30.1 Å². The van der Waals surface area contributed by atoms with Crippen LogP contribution < -0.4 is 10.2 Å². The summed E-state index contributed by atoms with van der Waals surface area (Å²) in [5.41, 5.74) is -0.0144. The molecule has 1 aliphatic heterocycles. The summed E-state index contributed by atoms with van der Waals surface area (Å²) in [6.45, 7) is 2.22. The Morgan fingerprint density at radius 2 is 2.08 bits per heavy atom. The molecule has 1 amide bonds. The minimum Gasteiger partial charge on any atom is -0.396 e. The van der Waals surface area contributed by atoms with Crippen molar-refractivity contribution in [2.45, 2.75) is 63.0 Å². The number of aliphatic hydroxyl groups is 1. The summed E-state index contributed by atoms with van der Waals surface area (Å²) in [7, 11) is 0. The standard InChI is InChI=1S/C25H31F2N7O3/c26-22(27)21-19(13-34(31-21)17-4-2-16(14-35)3-5-17)29-24(36)18-12-28-33-9-6-20(30-23(18)33)32-10-11-37-25(15-32)7-1-8-25/h6,9,12-13,16-17,22,35H,1-5,7-8,10-11,14-15H2,(H,29,36). The summed E-state index contributed by atoms with van der Waals surface area (Å²) in [6.07, 6.45) is 8.15. The van der Waals surface area contributed by atoms with Crippen molar-refractivity contribution in [2.75, 3.05) is 36.5 Å². The topological polar surface area (TPSA) is 110 Å². The molecule has 2 saturated carbocycles. The fraction of sp³-hybridized carbons (Fsp3) is 0.600. The number of ether oxygens (including phenoxy) is 1. The van der Waals surface area contributed by atoms with Crippen LogP contribution in [0.1, 0.15) is 73.5 Å². The van der Waals surface area contributed by atoms with E-state index in [2.05, 4.69) is 20.4 Å². The van der Waals surface area contributed by atoms with E-state index in [0.717, 1.165) is 57.3 Å². The number of aliphatic hydroxyl groups excluding tert-OH is 1. The van der Waals surface area contributed by atoms with Gasteiger partial charge in [0.25, 0.3) is 12.3 Å². The molecule has 1 spiro atoms. The van der Waals surface area contributed by atoms with E-state index in [1.54, 1.807) is 6.20 Å². The highest BCUT2D eigenvalue weighted by molar-refractivity contribution is 6.08. The predicted octanol–water partition coefficient (Wildman–Crippen LogP) is 3.60. The molecule has 2 N–H and O–H groups in total. The summed E-state index contributed by atoms with van der Waals surface area (Å²) in [6, 6.07) is 1.82. The van der Waals surface area contributed by atoms with Crippen molar-refractivity contribution in [3.05, 3.63) is 35.9 Å². The molecule has 0 aromatic carbocycles. The number of alkyl halides is 2. The van der Waals surface area contributed by atoms with Crippen molar-refractivity contribution in [3.8, 4) is 0 Å². The van der Waals surface area contributed by atoms with Gasteiger partial charge in [0, 0.05) is 32.1 Å². The largest absolute Gasteiger partial charge is 0.396 e. The Bertz CT molecular complexity index is 1280. The first-order valence-electron chi connectivity index (χ1n) is 13.0. The second-order valence-electron chi connectivity index (χ2n) is 10.4. The van der Waals surface area contributed by atoms with Gasteiger partial charge in [-0.25, -0.2) is 18.3 Å². The number of nitrogens with zero attached hydrogens (tertiary/aromatic N) is 6. The van der Waals surface area contributed by atoms with Crippen molar-refractivity contribution in [1.82, 2.24) is 24.4 Å². The van der Waals surface area contributed by atoms with Gasteiger partial charge in [-0.05, 0) is 56.9 Å². The Balaban J connectivity index is 1.23. The Morgan fingerprint density at radius 3 is 2.78 bits per heavy atom. The van der Waals surface area contributed by atoms with Crippen LogP contribution in [0.5, 0.6) is 0 Å². The van der Waals surface area contributed by atoms with Crippen molar-refractivity contribution in [1.29, 1.82) is 0 Å². The number of morpholine rings is 1. The maximum absolute atomic E-state index is 13.8. The third-order valence-electron chi connectivity index (χ3n) is 8.10. The third-order valence-corrected chi connectivity index (χ3v) is 8.10. The molecule has 0 unspecified atom stereocenters.